The molecule has 2 aliphatic carbocycles. The Bertz CT molecular complexity index is 810. The fourth-order valence-electron chi connectivity index (χ4n) is 6.63. The summed E-state index contributed by atoms with van der Waals surface area (Å²) in [6, 6.07) is 0. The molecule has 6 nitrogen and oxygen atoms in total. The topological polar surface area (TPSA) is 78.9 Å². The predicted octanol–water partition coefficient (Wildman–Crippen LogP) is 3.72. The third kappa shape index (κ3) is 2.85. The normalized spacial score (nSPS) is 43.4. The third-order valence-corrected chi connectivity index (χ3v) is 8.22. The quantitative estimate of drug-likeness (QED) is 0.620. The van der Waals surface area contributed by atoms with Gasteiger partial charge in [0, 0.05) is 36.5 Å². The van der Waals surface area contributed by atoms with Crippen molar-refractivity contribution in [3.8, 4) is 0 Å². The highest BCUT2D eigenvalue weighted by Crippen LogP contribution is 2.64. The van der Waals surface area contributed by atoms with Crippen molar-refractivity contribution in [2.24, 2.45) is 22.7 Å². The minimum atomic E-state index is -0.644. The minimum Gasteiger partial charge on any atom is -0.462 e. The van der Waals surface area contributed by atoms with Crippen LogP contribution in [-0.4, -0.2) is 35.3 Å². The zero-order valence-electron chi connectivity index (χ0n) is 18.3. The van der Waals surface area contributed by atoms with Gasteiger partial charge in [0.05, 0.1) is 5.57 Å². The molecular weight excluding hydrogens is 372 g/mol. The zero-order valence-corrected chi connectivity index (χ0v) is 18.3. The van der Waals surface area contributed by atoms with Crippen molar-refractivity contribution >= 4 is 17.5 Å². The molecule has 0 radical (unpaired) electrons. The van der Waals surface area contributed by atoms with E-state index in [0.29, 0.717) is 24.4 Å². The molecule has 0 spiro atoms. The monoisotopic (exact) mass is 404 g/mol. The molecule has 29 heavy (non-hydrogen) atoms. The second-order valence-electron chi connectivity index (χ2n) is 10.4. The van der Waals surface area contributed by atoms with Crippen LogP contribution in [0.5, 0.6) is 0 Å². The molecule has 0 aromatic carbocycles. The predicted molar refractivity (Wildman–Crippen MR) is 105 cm³/mol. The van der Waals surface area contributed by atoms with Gasteiger partial charge in [-0.2, -0.15) is 0 Å². The molecule has 6 heteroatoms. The maximum Gasteiger partial charge on any atom is 0.302 e. The lowest BCUT2D eigenvalue weighted by Crippen LogP contribution is -2.66. The molecule has 2 aliphatic heterocycles. The number of carbonyl (C=O) groups excluding carboxylic acids is 3. The second-order valence-corrected chi connectivity index (χ2v) is 10.4. The smallest absolute Gasteiger partial charge is 0.302 e. The van der Waals surface area contributed by atoms with Gasteiger partial charge in [0.15, 0.2) is 5.78 Å². The van der Waals surface area contributed by atoms with Crippen molar-refractivity contribution < 1.29 is 28.6 Å². The maximum absolute atomic E-state index is 13.5. The highest BCUT2D eigenvalue weighted by Gasteiger charge is 2.67. The van der Waals surface area contributed by atoms with Gasteiger partial charge >= 0.3 is 5.97 Å². The van der Waals surface area contributed by atoms with Crippen LogP contribution in [0.3, 0.4) is 0 Å². The number of Topliss-reactive ketones (excluding diaryl/α,β-unsaturated/α-hetero) is 2. The lowest BCUT2D eigenvalue weighted by atomic mass is 9.43. The van der Waals surface area contributed by atoms with Crippen LogP contribution in [-0.2, 0) is 28.6 Å². The molecule has 0 saturated heterocycles. The van der Waals surface area contributed by atoms with Crippen molar-refractivity contribution in [2.75, 3.05) is 0 Å². The molecular formula is C23H32O6. The molecule has 0 N–H and O–H groups in total. The van der Waals surface area contributed by atoms with Gasteiger partial charge in [0.2, 0.25) is 0 Å². The van der Waals surface area contributed by atoms with Gasteiger partial charge in [-0.3, -0.25) is 14.4 Å². The fourth-order valence-corrected chi connectivity index (χ4v) is 6.63. The van der Waals surface area contributed by atoms with Crippen LogP contribution >= 0.6 is 0 Å². The minimum absolute atomic E-state index is 0.0444. The molecule has 0 unspecified atom stereocenters. The number of esters is 1. The zero-order chi connectivity index (χ0) is 21.4. The first-order valence-electron chi connectivity index (χ1n) is 10.7. The van der Waals surface area contributed by atoms with Gasteiger partial charge in [0.1, 0.15) is 23.6 Å². The number of allylic oxidation sites excluding steroid dienone is 1. The van der Waals surface area contributed by atoms with E-state index in [2.05, 4.69) is 20.8 Å². The Morgan fingerprint density at radius 2 is 1.76 bits per heavy atom. The van der Waals surface area contributed by atoms with Crippen LogP contribution in [0.2, 0.25) is 0 Å². The van der Waals surface area contributed by atoms with Crippen LogP contribution in [0.1, 0.15) is 73.6 Å². The standard InChI is InChI=1S/C23H32O6/c1-12-9-15(25)14-10-17-22(5,29-20(14)27-12)8-7-16-21(3,4)19(28-13(2)24)11-18(26)23(16,17)6/h12,16-17,19H,7-11H2,1-6H3/t12-,16-,17-,19-,22-,23+/m1/s1. The Balaban J connectivity index is 1.74. The third-order valence-electron chi connectivity index (χ3n) is 8.22. The van der Waals surface area contributed by atoms with E-state index in [1.807, 2.05) is 13.8 Å². The van der Waals surface area contributed by atoms with Gasteiger partial charge in [-0.1, -0.05) is 20.8 Å². The first-order chi connectivity index (χ1) is 13.4. The van der Waals surface area contributed by atoms with E-state index >= 15 is 0 Å². The molecule has 4 rings (SSSR count). The summed E-state index contributed by atoms with van der Waals surface area (Å²) in [5.41, 5.74) is -0.942. The van der Waals surface area contributed by atoms with Crippen molar-refractivity contribution in [1.82, 2.24) is 0 Å². The largest absolute Gasteiger partial charge is 0.462 e. The van der Waals surface area contributed by atoms with E-state index in [9.17, 15) is 14.4 Å². The summed E-state index contributed by atoms with van der Waals surface area (Å²) < 4.78 is 17.8. The summed E-state index contributed by atoms with van der Waals surface area (Å²) in [6.45, 7) is 11.6. The first kappa shape index (κ1) is 20.4. The Morgan fingerprint density at radius 1 is 1.07 bits per heavy atom. The van der Waals surface area contributed by atoms with Crippen molar-refractivity contribution in [2.45, 2.75) is 91.5 Å². The van der Waals surface area contributed by atoms with Crippen LogP contribution in [0.4, 0.5) is 0 Å². The number of carbonyl (C=O) groups is 3. The number of rotatable bonds is 1. The van der Waals surface area contributed by atoms with E-state index in [-0.39, 0.29) is 47.3 Å². The van der Waals surface area contributed by atoms with Crippen LogP contribution in [0.15, 0.2) is 11.5 Å². The van der Waals surface area contributed by atoms with Crippen LogP contribution in [0, 0.1) is 22.7 Å². The van der Waals surface area contributed by atoms with Gasteiger partial charge in [0.25, 0.3) is 5.95 Å². The molecule has 0 aromatic heterocycles. The summed E-state index contributed by atoms with van der Waals surface area (Å²) in [5.74, 6) is 0.118. The van der Waals surface area contributed by atoms with E-state index in [4.69, 9.17) is 14.2 Å². The molecule has 0 aromatic rings. The van der Waals surface area contributed by atoms with Gasteiger partial charge in [-0.15, -0.1) is 0 Å². The lowest BCUT2D eigenvalue weighted by Gasteiger charge is -2.63. The Labute approximate surface area is 172 Å². The summed E-state index contributed by atoms with van der Waals surface area (Å²) in [6.07, 6.45) is 2.02. The SMILES string of the molecule is CC(=O)O[C@@H]1CC(=O)[C@@]2(C)[C@H](CC[C@@]3(C)OC4=C(C[C@@H]23)C(=O)C[C@@H](C)O4)C1(C)C. The summed E-state index contributed by atoms with van der Waals surface area (Å²) >= 11 is 0. The van der Waals surface area contributed by atoms with Crippen LogP contribution < -0.4 is 0 Å². The van der Waals surface area contributed by atoms with E-state index < -0.39 is 17.1 Å². The van der Waals surface area contributed by atoms with Gasteiger partial charge in [-0.05, 0) is 39.0 Å². The summed E-state index contributed by atoms with van der Waals surface area (Å²) in [5, 5.41) is 0. The van der Waals surface area contributed by atoms with Gasteiger partial charge < -0.3 is 14.2 Å². The molecule has 4 aliphatic rings. The molecule has 2 heterocycles. The Hall–Kier alpha value is -1.85. The Kier molecular flexibility index (Phi) is 4.45. The van der Waals surface area contributed by atoms with Crippen molar-refractivity contribution in [1.29, 1.82) is 0 Å². The molecule has 6 atom stereocenters. The van der Waals surface area contributed by atoms with Crippen molar-refractivity contribution in [3.05, 3.63) is 11.5 Å². The fraction of sp³-hybridized carbons (Fsp3) is 0.783. The summed E-state index contributed by atoms with van der Waals surface area (Å²) in [7, 11) is 0. The molecule has 2 saturated carbocycles. The van der Waals surface area contributed by atoms with E-state index in [0.717, 1.165) is 12.8 Å². The number of ether oxygens (including phenoxy) is 3. The molecule has 2 fully saturated rings. The number of fused-ring (bicyclic) bond motifs is 3. The van der Waals surface area contributed by atoms with Gasteiger partial charge in [-0.25, -0.2) is 0 Å². The number of ketones is 2. The van der Waals surface area contributed by atoms with E-state index in [1.54, 1.807) is 0 Å². The first-order valence-corrected chi connectivity index (χ1v) is 10.7. The molecule has 0 bridgehead atoms. The highest BCUT2D eigenvalue weighted by atomic mass is 16.7. The maximum atomic E-state index is 13.5. The second kappa shape index (κ2) is 6.32. The number of hydrogen-bond donors (Lipinski definition) is 0. The van der Waals surface area contributed by atoms with Crippen LogP contribution in [0.25, 0.3) is 0 Å². The number of hydrogen-bond acceptors (Lipinski definition) is 6. The van der Waals surface area contributed by atoms with E-state index in [1.165, 1.54) is 6.92 Å². The van der Waals surface area contributed by atoms with Crippen molar-refractivity contribution in [3.63, 3.8) is 0 Å². The molecule has 0 amide bonds. The summed E-state index contributed by atoms with van der Waals surface area (Å²) in [4.78, 5) is 37.9. The highest BCUT2D eigenvalue weighted by molar-refractivity contribution is 5.97. The lowest BCUT2D eigenvalue weighted by molar-refractivity contribution is -0.224. The molecule has 160 valence electrons. The average molecular weight is 405 g/mol. The average Bonchev–Trinajstić information content (AvgIpc) is 2.57. The Morgan fingerprint density at radius 3 is 2.41 bits per heavy atom.